The van der Waals surface area contributed by atoms with E-state index in [-0.39, 0.29) is 17.7 Å². The molecule has 0 spiro atoms. The third-order valence-electron chi connectivity index (χ3n) is 9.73. The summed E-state index contributed by atoms with van der Waals surface area (Å²) in [7, 11) is -0.494. The van der Waals surface area contributed by atoms with E-state index in [1.54, 1.807) is 24.3 Å². The number of aromatic amines is 1. The van der Waals surface area contributed by atoms with Crippen LogP contribution in [0.5, 0.6) is 0 Å². The molecule has 14 heteroatoms. The number of benzene rings is 2. The molecule has 5 rings (SSSR count). The Morgan fingerprint density at radius 1 is 0.940 bits per heavy atom. The summed E-state index contributed by atoms with van der Waals surface area (Å²) >= 11 is 0. The van der Waals surface area contributed by atoms with Crippen molar-refractivity contribution >= 4 is 36.2 Å². The first-order valence-electron chi connectivity index (χ1n) is 17.4. The molecular formula is C36H50BN7O6. The van der Waals surface area contributed by atoms with Crippen molar-refractivity contribution in [3.05, 3.63) is 54.1 Å². The highest BCUT2D eigenvalue weighted by Crippen LogP contribution is 2.36. The minimum Gasteiger partial charge on any atom is -0.444 e. The Morgan fingerprint density at radius 3 is 2.14 bits per heavy atom. The second-order valence-corrected chi connectivity index (χ2v) is 15.4. The Morgan fingerprint density at radius 2 is 1.56 bits per heavy atom. The molecule has 4 N–H and O–H groups in total. The van der Waals surface area contributed by atoms with E-state index in [2.05, 4.69) is 36.6 Å². The zero-order chi connectivity index (χ0) is 36.1. The maximum absolute atomic E-state index is 13.7. The SMILES string of the molecule is CC(C)(C)OC(=O)NCC1CCC(CC(=O)NC(Cc2ccc(B3OC(C)(C)C(C)(C)O3)cc2)C(=O)Nc2ccc(-c3nn[nH]n3)cc2)CC1. The molecule has 50 heavy (non-hydrogen) atoms. The highest BCUT2D eigenvalue weighted by molar-refractivity contribution is 6.62. The van der Waals surface area contributed by atoms with Crippen molar-refractivity contribution in [3.8, 4) is 11.4 Å². The first-order chi connectivity index (χ1) is 23.6. The van der Waals surface area contributed by atoms with E-state index in [0.29, 0.717) is 36.8 Å². The number of alkyl carbamates (subject to hydrolysis) is 1. The van der Waals surface area contributed by atoms with E-state index in [1.807, 2.05) is 72.7 Å². The number of amides is 3. The number of nitrogens with one attached hydrogen (secondary N) is 4. The number of hydrogen-bond donors (Lipinski definition) is 4. The number of aromatic nitrogens is 4. The molecule has 2 fully saturated rings. The van der Waals surface area contributed by atoms with Crippen LogP contribution in [-0.4, -0.2) is 75.0 Å². The molecule has 1 atom stereocenters. The van der Waals surface area contributed by atoms with Gasteiger partial charge in [-0.25, -0.2) is 4.79 Å². The van der Waals surface area contributed by atoms with Gasteiger partial charge in [-0.05, 0) is 126 Å². The monoisotopic (exact) mass is 687 g/mol. The number of ether oxygens (including phenoxy) is 1. The van der Waals surface area contributed by atoms with Crippen molar-refractivity contribution in [2.75, 3.05) is 11.9 Å². The first kappa shape index (κ1) is 37.0. The van der Waals surface area contributed by atoms with E-state index in [4.69, 9.17) is 14.0 Å². The molecule has 3 amide bonds. The number of carbonyl (C=O) groups excluding carboxylic acids is 3. The molecule has 268 valence electrons. The summed E-state index contributed by atoms with van der Waals surface area (Å²) < 4.78 is 17.7. The number of rotatable bonds is 11. The summed E-state index contributed by atoms with van der Waals surface area (Å²) in [5.41, 5.74) is 1.65. The Balaban J connectivity index is 1.20. The van der Waals surface area contributed by atoms with Crippen LogP contribution >= 0.6 is 0 Å². The van der Waals surface area contributed by atoms with Crippen LogP contribution in [0.1, 0.15) is 86.1 Å². The Hall–Kier alpha value is -4.30. The number of anilines is 1. The van der Waals surface area contributed by atoms with E-state index in [9.17, 15) is 14.4 Å². The lowest BCUT2D eigenvalue weighted by Gasteiger charge is -2.32. The van der Waals surface area contributed by atoms with Gasteiger partial charge in [0.25, 0.3) is 0 Å². The van der Waals surface area contributed by atoms with Crippen LogP contribution in [0.15, 0.2) is 48.5 Å². The molecule has 0 radical (unpaired) electrons. The fourth-order valence-electron chi connectivity index (χ4n) is 6.15. The molecular weight excluding hydrogens is 637 g/mol. The molecule has 13 nitrogen and oxygen atoms in total. The average Bonchev–Trinajstić information content (AvgIpc) is 3.66. The highest BCUT2D eigenvalue weighted by atomic mass is 16.7. The van der Waals surface area contributed by atoms with Gasteiger partial charge in [0.15, 0.2) is 0 Å². The second-order valence-electron chi connectivity index (χ2n) is 15.4. The summed E-state index contributed by atoms with van der Waals surface area (Å²) in [5, 5.41) is 22.9. The largest absolute Gasteiger partial charge is 0.494 e. The molecule has 1 unspecified atom stereocenters. The van der Waals surface area contributed by atoms with Gasteiger partial charge in [0.2, 0.25) is 17.6 Å². The number of hydrogen-bond acceptors (Lipinski definition) is 9. The molecule has 1 saturated heterocycles. The smallest absolute Gasteiger partial charge is 0.444 e. The predicted molar refractivity (Wildman–Crippen MR) is 190 cm³/mol. The van der Waals surface area contributed by atoms with Gasteiger partial charge in [-0.2, -0.15) is 5.21 Å². The van der Waals surface area contributed by atoms with Crippen molar-refractivity contribution in [3.63, 3.8) is 0 Å². The van der Waals surface area contributed by atoms with Crippen LogP contribution in [-0.2, 0) is 30.1 Å². The summed E-state index contributed by atoms with van der Waals surface area (Å²) in [5.74, 6) is 0.505. The summed E-state index contributed by atoms with van der Waals surface area (Å²) in [6.07, 6.45) is 3.78. The van der Waals surface area contributed by atoms with E-state index < -0.39 is 36.1 Å². The van der Waals surface area contributed by atoms with Gasteiger partial charge >= 0.3 is 13.2 Å². The standard InChI is InChI=1S/C36H50BN7O6/c1-34(2,3)48-33(47)38-22-25-10-8-24(9-11-25)21-30(45)40-29(32(46)39-28-18-14-26(15-19-28)31-41-43-44-42-31)20-23-12-16-27(17-13-23)37-49-35(4,5)36(6,7)50-37/h12-19,24-25,29H,8-11,20-22H2,1-7H3,(H,38,47)(H,39,46)(H,40,45)(H,41,42,43,44). The van der Waals surface area contributed by atoms with Crippen molar-refractivity contribution in [1.29, 1.82) is 0 Å². The van der Waals surface area contributed by atoms with E-state index in [0.717, 1.165) is 42.3 Å². The minimum absolute atomic E-state index is 0.165. The van der Waals surface area contributed by atoms with Crippen LogP contribution < -0.4 is 21.4 Å². The molecule has 1 aromatic heterocycles. The maximum atomic E-state index is 13.7. The fourth-order valence-corrected chi connectivity index (χ4v) is 6.15. The van der Waals surface area contributed by atoms with Gasteiger partial charge < -0.3 is 30.0 Å². The van der Waals surface area contributed by atoms with E-state index >= 15 is 0 Å². The summed E-state index contributed by atoms with van der Waals surface area (Å²) in [6.45, 7) is 14.1. The Kier molecular flexibility index (Phi) is 11.3. The van der Waals surface area contributed by atoms with Gasteiger partial charge in [-0.15, -0.1) is 10.2 Å². The van der Waals surface area contributed by atoms with Crippen LogP contribution in [0.25, 0.3) is 11.4 Å². The zero-order valence-corrected chi connectivity index (χ0v) is 30.2. The van der Waals surface area contributed by atoms with Gasteiger partial charge in [-0.1, -0.05) is 24.3 Å². The Bertz CT molecular complexity index is 1580. The highest BCUT2D eigenvalue weighted by Gasteiger charge is 2.51. The summed E-state index contributed by atoms with van der Waals surface area (Å²) in [6, 6.07) is 14.1. The number of tetrazole rings is 1. The lowest BCUT2D eigenvalue weighted by Crippen LogP contribution is -2.46. The fraction of sp³-hybridized carbons (Fsp3) is 0.556. The lowest BCUT2D eigenvalue weighted by atomic mass is 9.78. The van der Waals surface area contributed by atoms with Crippen LogP contribution in [0.3, 0.4) is 0 Å². The molecule has 3 aromatic rings. The van der Waals surface area contributed by atoms with Gasteiger partial charge in [0.05, 0.1) is 11.2 Å². The third-order valence-corrected chi connectivity index (χ3v) is 9.73. The molecule has 1 aliphatic heterocycles. The number of H-pyrrole nitrogens is 1. The van der Waals surface area contributed by atoms with Crippen LogP contribution in [0.2, 0.25) is 0 Å². The second kappa shape index (κ2) is 15.3. The van der Waals surface area contributed by atoms with Crippen LogP contribution in [0, 0.1) is 11.8 Å². The molecule has 2 aliphatic rings. The third kappa shape index (κ3) is 9.90. The van der Waals surface area contributed by atoms with Crippen molar-refractivity contribution in [2.24, 2.45) is 11.8 Å². The molecule has 1 saturated carbocycles. The normalized spacial score (nSPS) is 20.5. The van der Waals surface area contributed by atoms with Crippen molar-refractivity contribution in [1.82, 2.24) is 31.3 Å². The number of carbonyl (C=O) groups is 3. The lowest BCUT2D eigenvalue weighted by molar-refractivity contribution is -0.127. The zero-order valence-electron chi connectivity index (χ0n) is 30.2. The van der Waals surface area contributed by atoms with E-state index in [1.165, 1.54) is 0 Å². The first-order valence-corrected chi connectivity index (χ1v) is 17.4. The van der Waals surface area contributed by atoms with Crippen LogP contribution in [0.4, 0.5) is 10.5 Å². The molecule has 0 bridgehead atoms. The maximum Gasteiger partial charge on any atom is 0.494 e. The molecule has 2 aromatic carbocycles. The molecule has 2 heterocycles. The number of nitrogens with zero attached hydrogens (tertiary/aromatic N) is 3. The van der Waals surface area contributed by atoms with Crippen molar-refractivity contribution in [2.45, 2.75) is 110 Å². The minimum atomic E-state index is -0.809. The molecule has 1 aliphatic carbocycles. The quantitative estimate of drug-likeness (QED) is 0.211. The summed E-state index contributed by atoms with van der Waals surface area (Å²) in [4.78, 5) is 39.2. The van der Waals surface area contributed by atoms with Gasteiger partial charge in [0.1, 0.15) is 11.6 Å². The topological polar surface area (TPSA) is 169 Å². The van der Waals surface area contributed by atoms with Crippen molar-refractivity contribution < 1.29 is 28.4 Å². The average molecular weight is 688 g/mol. The Labute approximate surface area is 294 Å². The van der Waals surface area contributed by atoms with Gasteiger partial charge in [-0.3, -0.25) is 9.59 Å². The van der Waals surface area contributed by atoms with Gasteiger partial charge in [0, 0.05) is 30.6 Å². The predicted octanol–water partition coefficient (Wildman–Crippen LogP) is 4.55.